The van der Waals surface area contributed by atoms with Crippen LogP contribution >= 0.6 is 54.8 Å². The van der Waals surface area contributed by atoms with Gasteiger partial charge in [-0.2, -0.15) is 0 Å². The predicted octanol–water partition coefficient (Wildman–Crippen LogP) is 7.00. The Morgan fingerprint density at radius 3 is 2.60 bits per heavy atom. The first kappa shape index (κ1) is 14.6. The van der Waals surface area contributed by atoms with Gasteiger partial charge in [-0.15, -0.1) is 11.3 Å². The SMILES string of the molecule is Clc1ccc(CC(Br)c2csc3c(Br)cccc23)cc1. The molecule has 1 atom stereocenters. The fourth-order valence-electron chi connectivity index (χ4n) is 2.22. The maximum Gasteiger partial charge on any atom is 0.0488 e. The normalized spacial score (nSPS) is 12.8. The van der Waals surface area contributed by atoms with Gasteiger partial charge < -0.3 is 0 Å². The van der Waals surface area contributed by atoms with Crippen molar-refractivity contribution in [3.05, 3.63) is 68.5 Å². The molecule has 1 aromatic heterocycles. The average Bonchev–Trinajstić information content (AvgIpc) is 2.87. The maximum absolute atomic E-state index is 5.93. The number of hydrogen-bond donors (Lipinski definition) is 0. The number of alkyl halides is 1. The Kier molecular flexibility index (Phi) is 4.51. The topological polar surface area (TPSA) is 0 Å². The van der Waals surface area contributed by atoms with E-state index in [0.717, 1.165) is 15.9 Å². The van der Waals surface area contributed by atoms with Crippen molar-refractivity contribution in [3.8, 4) is 0 Å². The third-order valence-corrected chi connectivity index (χ3v) is 6.29. The van der Waals surface area contributed by atoms with E-state index < -0.39 is 0 Å². The molecular weight excluding hydrogens is 420 g/mol. The van der Waals surface area contributed by atoms with E-state index in [1.807, 2.05) is 12.1 Å². The predicted molar refractivity (Wildman–Crippen MR) is 96.3 cm³/mol. The van der Waals surface area contributed by atoms with Gasteiger partial charge in [-0.05, 0) is 62.4 Å². The van der Waals surface area contributed by atoms with Crippen LogP contribution in [-0.4, -0.2) is 0 Å². The molecule has 1 unspecified atom stereocenters. The lowest BCUT2D eigenvalue weighted by Gasteiger charge is -2.09. The number of thiophene rings is 1. The summed E-state index contributed by atoms with van der Waals surface area (Å²) in [5.74, 6) is 0. The fourth-order valence-corrected chi connectivity index (χ4v) is 4.95. The summed E-state index contributed by atoms with van der Waals surface area (Å²) >= 11 is 15.2. The van der Waals surface area contributed by atoms with E-state index in [0.29, 0.717) is 4.83 Å². The highest BCUT2D eigenvalue weighted by Crippen LogP contribution is 2.39. The Bertz CT molecular complexity index is 734. The number of rotatable bonds is 3. The second kappa shape index (κ2) is 6.18. The summed E-state index contributed by atoms with van der Waals surface area (Å²) in [7, 11) is 0. The van der Waals surface area contributed by atoms with Crippen LogP contribution in [0.5, 0.6) is 0 Å². The van der Waals surface area contributed by atoms with Crippen molar-refractivity contribution in [2.45, 2.75) is 11.2 Å². The molecule has 0 bridgehead atoms. The maximum atomic E-state index is 5.93. The highest BCUT2D eigenvalue weighted by molar-refractivity contribution is 9.10. The average molecular weight is 431 g/mol. The van der Waals surface area contributed by atoms with E-state index in [1.54, 1.807) is 11.3 Å². The fraction of sp³-hybridized carbons (Fsp3) is 0.125. The summed E-state index contributed by atoms with van der Waals surface area (Å²) in [4.78, 5) is 0.312. The van der Waals surface area contributed by atoms with Crippen molar-refractivity contribution < 1.29 is 0 Å². The lowest BCUT2D eigenvalue weighted by atomic mass is 10.0. The van der Waals surface area contributed by atoms with Crippen molar-refractivity contribution in [1.82, 2.24) is 0 Å². The summed E-state index contributed by atoms with van der Waals surface area (Å²) in [6.45, 7) is 0. The first-order valence-corrected chi connectivity index (χ1v) is 9.16. The monoisotopic (exact) mass is 428 g/mol. The van der Waals surface area contributed by atoms with Crippen LogP contribution < -0.4 is 0 Å². The van der Waals surface area contributed by atoms with Crippen LogP contribution in [0.4, 0.5) is 0 Å². The standard InChI is InChI=1S/C16H11Br2ClS/c17-14-3-1-2-12-13(9-20-16(12)14)15(18)8-10-4-6-11(19)7-5-10/h1-7,9,15H,8H2. The molecular formula is C16H11Br2ClS. The van der Waals surface area contributed by atoms with E-state index in [4.69, 9.17) is 11.6 Å². The quantitative estimate of drug-likeness (QED) is 0.393. The number of halogens is 3. The van der Waals surface area contributed by atoms with E-state index >= 15 is 0 Å². The smallest absolute Gasteiger partial charge is 0.0488 e. The van der Waals surface area contributed by atoms with Gasteiger partial charge >= 0.3 is 0 Å². The molecule has 4 heteroatoms. The van der Waals surface area contributed by atoms with Gasteiger partial charge in [-0.25, -0.2) is 0 Å². The summed E-state index contributed by atoms with van der Waals surface area (Å²) in [6, 6.07) is 14.4. The summed E-state index contributed by atoms with van der Waals surface area (Å²) in [5, 5.41) is 4.34. The van der Waals surface area contributed by atoms with Crippen LogP contribution in [0.2, 0.25) is 5.02 Å². The number of fused-ring (bicyclic) bond motifs is 1. The Hall–Kier alpha value is -0.350. The minimum absolute atomic E-state index is 0.312. The third-order valence-electron chi connectivity index (χ3n) is 3.25. The van der Waals surface area contributed by atoms with E-state index in [9.17, 15) is 0 Å². The van der Waals surface area contributed by atoms with Gasteiger partial charge in [0.15, 0.2) is 0 Å². The van der Waals surface area contributed by atoms with Crippen molar-refractivity contribution >= 4 is 64.9 Å². The van der Waals surface area contributed by atoms with E-state index in [-0.39, 0.29) is 0 Å². The van der Waals surface area contributed by atoms with Crippen LogP contribution in [0.3, 0.4) is 0 Å². The van der Waals surface area contributed by atoms with Crippen molar-refractivity contribution in [2.75, 3.05) is 0 Å². The number of hydrogen-bond acceptors (Lipinski definition) is 1. The summed E-state index contributed by atoms with van der Waals surface area (Å²) < 4.78 is 2.47. The highest BCUT2D eigenvalue weighted by Gasteiger charge is 2.14. The van der Waals surface area contributed by atoms with Crippen LogP contribution in [0.1, 0.15) is 16.0 Å². The second-order valence-corrected chi connectivity index (χ2v) is 7.88. The van der Waals surface area contributed by atoms with Crippen molar-refractivity contribution in [1.29, 1.82) is 0 Å². The molecule has 0 saturated heterocycles. The van der Waals surface area contributed by atoms with E-state index in [1.165, 1.54) is 21.2 Å². The Balaban J connectivity index is 1.91. The molecule has 2 aromatic carbocycles. The molecule has 0 saturated carbocycles. The van der Waals surface area contributed by atoms with Gasteiger partial charge in [0.2, 0.25) is 0 Å². The largest absolute Gasteiger partial charge is 0.142 e. The first-order valence-electron chi connectivity index (χ1n) is 6.19. The molecule has 3 aromatic rings. The zero-order chi connectivity index (χ0) is 14.1. The van der Waals surface area contributed by atoms with Gasteiger partial charge in [0.25, 0.3) is 0 Å². The van der Waals surface area contributed by atoms with Crippen LogP contribution in [0, 0.1) is 0 Å². The third kappa shape index (κ3) is 2.96. The molecule has 0 aliphatic rings. The lowest BCUT2D eigenvalue weighted by molar-refractivity contribution is 0.962. The molecule has 0 nitrogen and oxygen atoms in total. The molecule has 1 heterocycles. The molecule has 0 aliphatic heterocycles. The van der Waals surface area contributed by atoms with Crippen LogP contribution in [0.15, 0.2) is 52.3 Å². The van der Waals surface area contributed by atoms with Gasteiger partial charge in [0, 0.05) is 19.0 Å². The highest BCUT2D eigenvalue weighted by atomic mass is 79.9. The molecule has 0 aliphatic carbocycles. The summed E-state index contributed by atoms with van der Waals surface area (Å²) in [6.07, 6.45) is 0.954. The minimum Gasteiger partial charge on any atom is -0.142 e. The summed E-state index contributed by atoms with van der Waals surface area (Å²) in [5.41, 5.74) is 2.63. The molecule has 0 fully saturated rings. The first-order chi connectivity index (χ1) is 9.65. The Morgan fingerprint density at radius 1 is 1.10 bits per heavy atom. The zero-order valence-corrected chi connectivity index (χ0v) is 15.2. The molecule has 0 amide bonds. The molecule has 3 rings (SSSR count). The Morgan fingerprint density at radius 2 is 1.85 bits per heavy atom. The van der Waals surface area contributed by atoms with E-state index in [2.05, 4.69) is 67.6 Å². The minimum atomic E-state index is 0.312. The van der Waals surface area contributed by atoms with Crippen LogP contribution in [-0.2, 0) is 6.42 Å². The molecule has 0 spiro atoms. The van der Waals surface area contributed by atoms with Gasteiger partial charge in [0.1, 0.15) is 0 Å². The molecule has 102 valence electrons. The van der Waals surface area contributed by atoms with Gasteiger partial charge in [-0.1, -0.05) is 51.8 Å². The Labute approximate surface area is 144 Å². The number of benzene rings is 2. The van der Waals surface area contributed by atoms with Crippen molar-refractivity contribution in [3.63, 3.8) is 0 Å². The zero-order valence-electron chi connectivity index (χ0n) is 10.4. The van der Waals surface area contributed by atoms with Crippen LogP contribution in [0.25, 0.3) is 10.1 Å². The molecule has 20 heavy (non-hydrogen) atoms. The van der Waals surface area contributed by atoms with Gasteiger partial charge in [-0.3, -0.25) is 0 Å². The lowest BCUT2D eigenvalue weighted by Crippen LogP contribution is -1.94. The van der Waals surface area contributed by atoms with Crippen molar-refractivity contribution in [2.24, 2.45) is 0 Å². The second-order valence-electron chi connectivity index (χ2n) is 4.61. The van der Waals surface area contributed by atoms with Gasteiger partial charge in [0.05, 0.1) is 0 Å². The molecule has 0 radical (unpaired) electrons. The molecule has 0 N–H and O–H groups in total.